The van der Waals surface area contributed by atoms with Gasteiger partial charge in [0.25, 0.3) is 0 Å². The number of hydrogen-bond donors (Lipinski definition) is 0. The fourth-order valence-electron chi connectivity index (χ4n) is 2.34. The van der Waals surface area contributed by atoms with E-state index in [1.807, 2.05) is 0 Å². The summed E-state index contributed by atoms with van der Waals surface area (Å²) in [7, 11) is 1.05. The lowest BCUT2D eigenvalue weighted by molar-refractivity contribution is -0.294. The van der Waals surface area contributed by atoms with Crippen LogP contribution in [0.25, 0.3) is 0 Å². The second-order valence-corrected chi connectivity index (χ2v) is 5.28. The highest BCUT2D eigenvalue weighted by Crippen LogP contribution is 2.30. The number of carbonyl (C=O) groups excluding carboxylic acids is 5. The van der Waals surface area contributed by atoms with E-state index in [4.69, 9.17) is 23.7 Å². The van der Waals surface area contributed by atoms with Crippen LogP contribution >= 0.6 is 0 Å². The highest BCUT2D eigenvalue weighted by atomic mass is 16.7. The molecule has 0 spiro atoms. The van der Waals surface area contributed by atoms with E-state index >= 15 is 0 Å². The van der Waals surface area contributed by atoms with Gasteiger partial charge in [0, 0.05) is 27.7 Å². The molecule has 0 radical (unpaired) electrons. The summed E-state index contributed by atoms with van der Waals surface area (Å²) >= 11 is 0. The van der Waals surface area contributed by atoms with E-state index in [0.29, 0.717) is 0 Å². The van der Waals surface area contributed by atoms with Crippen LogP contribution in [-0.4, -0.2) is 67.7 Å². The maximum Gasteiger partial charge on any atom is 0.339 e. The summed E-state index contributed by atoms with van der Waals surface area (Å²) in [6.07, 6.45) is -7.66. The summed E-state index contributed by atoms with van der Waals surface area (Å²) in [5.74, 6) is -4.25. The molecule has 0 bridgehead atoms. The summed E-state index contributed by atoms with van der Waals surface area (Å²) in [5, 5.41) is 0. The van der Waals surface area contributed by atoms with Crippen molar-refractivity contribution >= 4 is 29.8 Å². The maximum atomic E-state index is 12.0. The average Bonchev–Trinajstić information content (AvgIpc) is 2.50. The Labute approximate surface area is 148 Å². The quantitative estimate of drug-likeness (QED) is 0.441. The van der Waals surface area contributed by atoms with Crippen LogP contribution in [0, 0.1) is 0 Å². The van der Waals surface area contributed by atoms with Crippen LogP contribution in [0.1, 0.15) is 27.7 Å². The minimum absolute atomic E-state index is 0.814. The molecule has 1 aliphatic rings. The van der Waals surface area contributed by atoms with Gasteiger partial charge >= 0.3 is 29.8 Å². The van der Waals surface area contributed by atoms with Crippen molar-refractivity contribution in [2.24, 2.45) is 0 Å². The third kappa shape index (κ3) is 5.69. The molecule has 1 saturated heterocycles. The molecule has 0 unspecified atom stereocenters. The molecular formula is C15H20O11. The van der Waals surface area contributed by atoms with Crippen LogP contribution in [0.3, 0.4) is 0 Å². The lowest BCUT2D eigenvalue weighted by atomic mass is 9.97. The first kappa shape index (κ1) is 21.4. The molecule has 0 amide bonds. The van der Waals surface area contributed by atoms with Crippen molar-refractivity contribution in [2.45, 2.75) is 58.4 Å². The first-order valence-electron chi connectivity index (χ1n) is 7.49. The van der Waals surface area contributed by atoms with Crippen molar-refractivity contribution in [3.8, 4) is 0 Å². The lowest BCUT2D eigenvalue weighted by Gasteiger charge is -2.42. The van der Waals surface area contributed by atoms with E-state index in [1.54, 1.807) is 0 Å². The van der Waals surface area contributed by atoms with Crippen LogP contribution in [-0.2, 0) is 52.4 Å². The monoisotopic (exact) mass is 376 g/mol. The fourth-order valence-corrected chi connectivity index (χ4v) is 2.34. The fraction of sp³-hybridized carbons (Fsp3) is 0.667. The largest absolute Gasteiger partial charge is 0.467 e. The topological polar surface area (TPSA) is 141 Å². The third-order valence-electron chi connectivity index (χ3n) is 3.12. The lowest BCUT2D eigenvalue weighted by Crippen LogP contribution is -2.64. The smallest absolute Gasteiger partial charge is 0.339 e. The summed E-state index contributed by atoms with van der Waals surface area (Å²) in [6, 6.07) is 0. The van der Waals surface area contributed by atoms with E-state index in [-0.39, 0.29) is 0 Å². The first-order valence-corrected chi connectivity index (χ1v) is 7.49. The molecule has 0 aromatic rings. The molecular weight excluding hydrogens is 356 g/mol. The van der Waals surface area contributed by atoms with Crippen molar-refractivity contribution in [1.82, 2.24) is 0 Å². The summed E-state index contributed by atoms with van der Waals surface area (Å²) < 4.78 is 30.0. The highest BCUT2D eigenvalue weighted by Gasteiger charge is 2.56. The predicted molar refractivity (Wildman–Crippen MR) is 79.1 cm³/mol. The van der Waals surface area contributed by atoms with Crippen molar-refractivity contribution in [3.63, 3.8) is 0 Å². The number of hydrogen-bond acceptors (Lipinski definition) is 11. The molecule has 1 heterocycles. The minimum atomic E-state index is -1.60. The maximum absolute atomic E-state index is 12.0. The van der Waals surface area contributed by atoms with Gasteiger partial charge in [-0.05, 0) is 0 Å². The Balaban J connectivity index is 3.37. The number of methoxy groups -OCH3 is 1. The molecule has 0 aliphatic carbocycles. The third-order valence-corrected chi connectivity index (χ3v) is 3.12. The number of rotatable bonds is 5. The molecule has 1 fully saturated rings. The van der Waals surface area contributed by atoms with Crippen LogP contribution < -0.4 is 0 Å². The van der Waals surface area contributed by atoms with Gasteiger partial charge in [-0.1, -0.05) is 0 Å². The summed E-state index contributed by atoms with van der Waals surface area (Å²) in [6.45, 7) is 4.22. The van der Waals surface area contributed by atoms with Gasteiger partial charge in [-0.15, -0.1) is 0 Å². The Morgan fingerprint density at radius 2 is 1.08 bits per heavy atom. The van der Waals surface area contributed by atoms with E-state index in [1.165, 1.54) is 0 Å². The van der Waals surface area contributed by atoms with Gasteiger partial charge in [-0.3, -0.25) is 19.2 Å². The molecule has 1 aliphatic heterocycles. The normalized spacial score (nSPS) is 27.7. The van der Waals surface area contributed by atoms with Gasteiger partial charge in [0.05, 0.1) is 7.11 Å². The number of esters is 5. The molecule has 0 saturated carbocycles. The minimum Gasteiger partial charge on any atom is -0.467 e. The standard InChI is InChI=1S/C15H20O11/c1-6(16)22-10-11(23-7(2)17)13(24-8(3)18)15(25-9(4)19)26-12(10)14(20)21-5/h10-13,15H,1-5H3/t10-,11-,12-,13-,15+/m1/s1. The molecule has 11 nitrogen and oxygen atoms in total. The zero-order chi connectivity index (χ0) is 20.0. The van der Waals surface area contributed by atoms with E-state index in [2.05, 4.69) is 4.74 Å². The van der Waals surface area contributed by atoms with Gasteiger partial charge in [0.15, 0.2) is 18.3 Å². The summed E-state index contributed by atoms with van der Waals surface area (Å²) in [4.78, 5) is 57.7. The van der Waals surface area contributed by atoms with Gasteiger partial charge in [0.1, 0.15) is 0 Å². The van der Waals surface area contributed by atoms with Gasteiger partial charge in [-0.25, -0.2) is 4.79 Å². The van der Waals surface area contributed by atoms with Crippen molar-refractivity contribution in [1.29, 1.82) is 0 Å². The predicted octanol–water partition coefficient (Wildman–Crippen LogP) is -0.757. The SMILES string of the molecule is COC(=O)[C@@H]1O[C@H](OC(C)=O)[C@H](OC(C)=O)[C@H](OC(C)=O)[C@H]1OC(C)=O. The Morgan fingerprint density at radius 3 is 1.50 bits per heavy atom. The first-order chi connectivity index (χ1) is 12.1. The van der Waals surface area contributed by atoms with Crippen LogP contribution in [0.2, 0.25) is 0 Å². The second kappa shape index (κ2) is 9.13. The molecule has 11 heteroatoms. The van der Waals surface area contributed by atoms with Crippen molar-refractivity contribution < 1.29 is 52.4 Å². The Bertz CT molecular complexity index is 584. The molecule has 26 heavy (non-hydrogen) atoms. The molecule has 5 atom stereocenters. The van der Waals surface area contributed by atoms with Crippen LogP contribution in [0.4, 0.5) is 0 Å². The number of carbonyl (C=O) groups is 5. The molecule has 0 N–H and O–H groups in total. The Hall–Kier alpha value is -2.69. The second-order valence-electron chi connectivity index (χ2n) is 5.28. The van der Waals surface area contributed by atoms with Gasteiger partial charge in [-0.2, -0.15) is 0 Å². The van der Waals surface area contributed by atoms with E-state index in [9.17, 15) is 24.0 Å². The molecule has 146 valence electrons. The van der Waals surface area contributed by atoms with E-state index < -0.39 is 60.6 Å². The van der Waals surface area contributed by atoms with Crippen molar-refractivity contribution in [3.05, 3.63) is 0 Å². The molecule has 0 aromatic heterocycles. The molecule has 0 aromatic carbocycles. The van der Waals surface area contributed by atoms with Gasteiger partial charge < -0.3 is 28.4 Å². The number of ether oxygens (including phenoxy) is 6. The average molecular weight is 376 g/mol. The van der Waals surface area contributed by atoms with E-state index in [0.717, 1.165) is 34.8 Å². The Morgan fingerprint density at radius 1 is 0.654 bits per heavy atom. The zero-order valence-corrected chi connectivity index (χ0v) is 14.9. The van der Waals surface area contributed by atoms with Crippen molar-refractivity contribution in [2.75, 3.05) is 7.11 Å². The summed E-state index contributed by atoms with van der Waals surface area (Å²) in [5.41, 5.74) is 0. The highest BCUT2D eigenvalue weighted by molar-refractivity contribution is 5.77. The molecule has 1 rings (SSSR count). The van der Waals surface area contributed by atoms with Gasteiger partial charge in [0.2, 0.25) is 12.4 Å². The zero-order valence-electron chi connectivity index (χ0n) is 14.9. The van der Waals surface area contributed by atoms with Crippen LogP contribution in [0.5, 0.6) is 0 Å². The van der Waals surface area contributed by atoms with Crippen LogP contribution in [0.15, 0.2) is 0 Å². The Kier molecular flexibility index (Phi) is 7.50.